The predicted molar refractivity (Wildman–Crippen MR) is 64.6 cm³/mol. The summed E-state index contributed by atoms with van der Waals surface area (Å²) in [4.78, 5) is 10.8. The number of Topliss-reactive ketones (excluding diaryl/α,β-unsaturated/α-hetero) is 1. The number of furan rings is 1. The Morgan fingerprint density at radius 3 is 3.00 bits per heavy atom. The van der Waals surface area contributed by atoms with Crippen LogP contribution in [0.1, 0.15) is 19.8 Å². The largest absolute Gasteiger partial charge is 0.462 e. The molecule has 1 aromatic heterocycles. The number of fused-ring (bicyclic) bond motifs is 1. The van der Waals surface area contributed by atoms with Crippen molar-refractivity contribution in [3.63, 3.8) is 0 Å². The molecule has 1 heterocycles. The van der Waals surface area contributed by atoms with Crippen LogP contribution in [0.25, 0.3) is 11.0 Å². The Hall–Kier alpha value is -1.77. The molecule has 1 N–H and O–H groups in total. The first kappa shape index (κ1) is 10.7. The number of nitrogens with one attached hydrogen (secondary N) is 1. The normalized spacial score (nSPS) is 10.6. The third-order valence-electron chi connectivity index (χ3n) is 2.50. The highest BCUT2D eigenvalue weighted by Crippen LogP contribution is 2.25. The molecular formula is C13H15NO2. The molecule has 0 aliphatic carbocycles. The number of hydrogen-bond donors (Lipinski definition) is 1. The summed E-state index contributed by atoms with van der Waals surface area (Å²) in [5.41, 5.74) is 1.88. The van der Waals surface area contributed by atoms with Crippen LogP contribution in [-0.2, 0) is 4.79 Å². The zero-order valence-corrected chi connectivity index (χ0v) is 9.32. The van der Waals surface area contributed by atoms with Gasteiger partial charge in [-0.15, -0.1) is 0 Å². The van der Waals surface area contributed by atoms with Crippen molar-refractivity contribution in [1.29, 1.82) is 0 Å². The molecule has 84 valence electrons. The van der Waals surface area contributed by atoms with E-state index in [0.717, 1.165) is 29.6 Å². The van der Waals surface area contributed by atoms with E-state index in [-0.39, 0.29) is 5.78 Å². The third kappa shape index (κ3) is 2.42. The molecular weight excluding hydrogens is 202 g/mol. The van der Waals surface area contributed by atoms with E-state index in [1.807, 2.05) is 24.3 Å². The van der Waals surface area contributed by atoms with Gasteiger partial charge in [-0.3, -0.25) is 0 Å². The fourth-order valence-corrected chi connectivity index (χ4v) is 1.68. The molecule has 0 bridgehead atoms. The molecule has 0 unspecified atom stereocenters. The molecule has 2 aromatic rings. The molecule has 0 aliphatic rings. The first-order valence-electron chi connectivity index (χ1n) is 5.47. The standard InChI is InChI=1S/C13H15NO2/c1-10(15)5-4-8-14-12-9-16-13-7-3-2-6-11(12)13/h2-3,6-7,9,14H,4-5,8H2,1H3. The van der Waals surface area contributed by atoms with Crippen LogP contribution in [0.15, 0.2) is 34.9 Å². The molecule has 0 amide bonds. The van der Waals surface area contributed by atoms with Crippen molar-refractivity contribution in [3.8, 4) is 0 Å². The lowest BCUT2D eigenvalue weighted by atomic mass is 10.2. The summed E-state index contributed by atoms with van der Waals surface area (Å²) in [6, 6.07) is 7.90. The van der Waals surface area contributed by atoms with Crippen LogP contribution in [0.3, 0.4) is 0 Å². The Morgan fingerprint density at radius 2 is 2.19 bits per heavy atom. The number of ketones is 1. The fourth-order valence-electron chi connectivity index (χ4n) is 1.68. The molecule has 0 saturated heterocycles. The van der Waals surface area contributed by atoms with Gasteiger partial charge in [-0.2, -0.15) is 0 Å². The molecule has 0 radical (unpaired) electrons. The molecule has 0 spiro atoms. The average molecular weight is 217 g/mol. The number of rotatable bonds is 5. The van der Waals surface area contributed by atoms with E-state index >= 15 is 0 Å². The molecule has 3 heteroatoms. The van der Waals surface area contributed by atoms with Gasteiger partial charge in [0.25, 0.3) is 0 Å². The molecule has 16 heavy (non-hydrogen) atoms. The van der Waals surface area contributed by atoms with Crippen LogP contribution in [-0.4, -0.2) is 12.3 Å². The molecule has 0 atom stereocenters. The highest BCUT2D eigenvalue weighted by Gasteiger charge is 2.03. The summed E-state index contributed by atoms with van der Waals surface area (Å²) in [6.07, 6.45) is 3.20. The van der Waals surface area contributed by atoms with E-state index in [9.17, 15) is 4.79 Å². The van der Waals surface area contributed by atoms with E-state index in [0.29, 0.717) is 6.42 Å². The SMILES string of the molecule is CC(=O)CCCNc1coc2ccccc12. The molecule has 2 rings (SSSR count). The number of para-hydroxylation sites is 1. The van der Waals surface area contributed by atoms with Crippen LogP contribution in [0.4, 0.5) is 5.69 Å². The number of carbonyl (C=O) groups is 1. The molecule has 0 aliphatic heterocycles. The first-order chi connectivity index (χ1) is 7.77. The Kier molecular flexibility index (Phi) is 3.25. The Morgan fingerprint density at radius 1 is 1.38 bits per heavy atom. The van der Waals surface area contributed by atoms with E-state index in [1.165, 1.54) is 0 Å². The molecule has 3 nitrogen and oxygen atoms in total. The molecule has 0 saturated carbocycles. The second-order valence-electron chi connectivity index (χ2n) is 3.88. The van der Waals surface area contributed by atoms with E-state index < -0.39 is 0 Å². The van der Waals surface area contributed by atoms with E-state index in [4.69, 9.17) is 4.42 Å². The van der Waals surface area contributed by atoms with Crippen LogP contribution in [0.5, 0.6) is 0 Å². The zero-order valence-electron chi connectivity index (χ0n) is 9.32. The van der Waals surface area contributed by atoms with Gasteiger partial charge in [0.2, 0.25) is 0 Å². The van der Waals surface area contributed by atoms with Gasteiger partial charge in [-0.1, -0.05) is 12.1 Å². The van der Waals surface area contributed by atoms with Gasteiger partial charge in [0.15, 0.2) is 0 Å². The Bertz CT molecular complexity index is 487. The first-order valence-corrected chi connectivity index (χ1v) is 5.47. The van der Waals surface area contributed by atoms with Crippen molar-refractivity contribution in [1.82, 2.24) is 0 Å². The quantitative estimate of drug-likeness (QED) is 0.782. The summed E-state index contributed by atoms with van der Waals surface area (Å²) in [5.74, 6) is 0.235. The lowest BCUT2D eigenvalue weighted by Crippen LogP contribution is -2.02. The van der Waals surface area contributed by atoms with Crippen LogP contribution in [0, 0.1) is 0 Å². The highest BCUT2D eigenvalue weighted by atomic mass is 16.3. The van der Waals surface area contributed by atoms with Crippen LogP contribution < -0.4 is 5.32 Å². The van der Waals surface area contributed by atoms with Gasteiger partial charge in [0.05, 0.1) is 5.69 Å². The average Bonchev–Trinajstić information content (AvgIpc) is 2.68. The van der Waals surface area contributed by atoms with Crippen LogP contribution >= 0.6 is 0 Å². The van der Waals surface area contributed by atoms with E-state index in [2.05, 4.69) is 5.32 Å². The second kappa shape index (κ2) is 4.84. The van der Waals surface area contributed by atoms with Crippen molar-refractivity contribution in [2.75, 3.05) is 11.9 Å². The second-order valence-corrected chi connectivity index (χ2v) is 3.88. The maximum Gasteiger partial charge on any atom is 0.136 e. The molecule has 0 fully saturated rings. The van der Waals surface area contributed by atoms with Gasteiger partial charge in [0, 0.05) is 18.4 Å². The summed E-state index contributed by atoms with van der Waals surface area (Å²) in [5, 5.41) is 4.37. The van der Waals surface area contributed by atoms with Crippen molar-refractivity contribution in [2.45, 2.75) is 19.8 Å². The summed E-state index contributed by atoms with van der Waals surface area (Å²) >= 11 is 0. The lowest BCUT2D eigenvalue weighted by Gasteiger charge is -2.02. The third-order valence-corrected chi connectivity index (χ3v) is 2.50. The topological polar surface area (TPSA) is 42.2 Å². The predicted octanol–water partition coefficient (Wildman–Crippen LogP) is 3.21. The van der Waals surface area contributed by atoms with E-state index in [1.54, 1.807) is 13.2 Å². The zero-order chi connectivity index (χ0) is 11.4. The van der Waals surface area contributed by atoms with Crippen molar-refractivity contribution < 1.29 is 9.21 Å². The van der Waals surface area contributed by atoms with Crippen LogP contribution in [0.2, 0.25) is 0 Å². The highest BCUT2D eigenvalue weighted by molar-refractivity contribution is 5.90. The van der Waals surface area contributed by atoms with Crippen molar-refractivity contribution >= 4 is 22.4 Å². The fraction of sp³-hybridized carbons (Fsp3) is 0.308. The summed E-state index contributed by atoms with van der Waals surface area (Å²) in [6.45, 7) is 2.41. The minimum atomic E-state index is 0.235. The summed E-state index contributed by atoms with van der Waals surface area (Å²) in [7, 11) is 0. The van der Waals surface area contributed by atoms with Gasteiger partial charge in [-0.05, 0) is 25.5 Å². The number of hydrogen-bond acceptors (Lipinski definition) is 3. The van der Waals surface area contributed by atoms with Gasteiger partial charge >= 0.3 is 0 Å². The van der Waals surface area contributed by atoms with Gasteiger partial charge in [-0.25, -0.2) is 0 Å². The smallest absolute Gasteiger partial charge is 0.136 e. The lowest BCUT2D eigenvalue weighted by molar-refractivity contribution is -0.117. The monoisotopic (exact) mass is 217 g/mol. The minimum Gasteiger partial charge on any atom is -0.462 e. The summed E-state index contributed by atoms with van der Waals surface area (Å²) < 4.78 is 5.40. The van der Waals surface area contributed by atoms with Gasteiger partial charge < -0.3 is 14.5 Å². The number of benzene rings is 1. The maximum absolute atomic E-state index is 10.8. The van der Waals surface area contributed by atoms with Gasteiger partial charge in [0.1, 0.15) is 17.6 Å². The van der Waals surface area contributed by atoms with Crippen molar-refractivity contribution in [2.24, 2.45) is 0 Å². The number of carbonyl (C=O) groups excluding carboxylic acids is 1. The maximum atomic E-state index is 10.8. The minimum absolute atomic E-state index is 0.235. The Balaban J connectivity index is 1.97. The number of anilines is 1. The van der Waals surface area contributed by atoms with Crippen molar-refractivity contribution in [3.05, 3.63) is 30.5 Å². The Labute approximate surface area is 94.4 Å². The molecule has 1 aromatic carbocycles.